The van der Waals surface area contributed by atoms with Crippen LogP contribution in [-0.2, 0) is 0 Å². The first-order valence-corrected chi connectivity index (χ1v) is 5.09. The van der Waals surface area contributed by atoms with E-state index in [-0.39, 0.29) is 11.6 Å². The van der Waals surface area contributed by atoms with E-state index in [9.17, 15) is 0 Å². The minimum Gasteiger partial charge on any atom is -0.497 e. The van der Waals surface area contributed by atoms with Crippen molar-refractivity contribution < 1.29 is 4.74 Å². The molecule has 3 N–H and O–H groups in total. The number of hydrogen-bond donors (Lipinski definition) is 2. The van der Waals surface area contributed by atoms with E-state index in [2.05, 4.69) is 19.2 Å². The van der Waals surface area contributed by atoms with Gasteiger partial charge in [-0.2, -0.15) is 0 Å². The molecule has 0 aromatic heterocycles. The summed E-state index contributed by atoms with van der Waals surface area (Å²) in [6, 6.07) is 7.82. The summed E-state index contributed by atoms with van der Waals surface area (Å²) in [4.78, 5) is 0. The summed E-state index contributed by atoms with van der Waals surface area (Å²) in [7, 11) is 3.58. The third-order valence-electron chi connectivity index (χ3n) is 2.87. The molecule has 0 amide bonds. The van der Waals surface area contributed by atoms with E-state index in [0.29, 0.717) is 0 Å². The number of nitrogens with one attached hydrogen (secondary N) is 1. The minimum absolute atomic E-state index is 0.0578. The molecule has 3 nitrogen and oxygen atoms in total. The fourth-order valence-electron chi connectivity index (χ4n) is 1.41. The number of likely N-dealkylation sites (N-methyl/N-ethyl adjacent to an activating group) is 1. The Hall–Kier alpha value is -1.06. The van der Waals surface area contributed by atoms with E-state index in [4.69, 9.17) is 10.5 Å². The number of hydrogen-bond acceptors (Lipinski definition) is 3. The Balaban J connectivity index is 2.95. The Labute approximate surface area is 91.6 Å². The third kappa shape index (κ3) is 2.70. The molecule has 0 saturated carbocycles. The van der Waals surface area contributed by atoms with Crippen LogP contribution in [0.15, 0.2) is 24.3 Å². The van der Waals surface area contributed by atoms with Gasteiger partial charge in [0.25, 0.3) is 0 Å². The average molecular weight is 208 g/mol. The monoisotopic (exact) mass is 208 g/mol. The SMILES string of the molecule is CNC(C)(C)C(N)c1cccc(OC)c1. The fourth-order valence-corrected chi connectivity index (χ4v) is 1.41. The molecule has 1 rings (SSSR count). The van der Waals surface area contributed by atoms with E-state index in [1.165, 1.54) is 0 Å². The molecule has 0 saturated heterocycles. The molecule has 0 aliphatic rings. The Morgan fingerprint density at radius 2 is 2.07 bits per heavy atom. The topological polar surface area (TPSA) is 47.3 Å². The summed E-state index contributed by atoms with van der Waals surface area (Å²) in [5.41, 5.74) is 7.13. The maximum atomic E-state index is 6.19. The molecule has 3 heteroatoms. The highest BCUT2D eigenvalue weighted by Gasteiger charge is 2.25. The van der Waals surface area contributed by atoms with Crippen molar-refractivity contribution in [2.45, 2.75) is 25.4 Å². The molecule has 0 radical (unpaired) electrons. The average Bonchev–Trinajstić information content (AvgIpc) is 2.28. The zero-order chi connectivity index (χ0) is 11.5. The highest BCUT2D eigenvalue weighted by Crippen LogP contribution is 2.25. The number of ether oxygens (including phenoxy) is 1. The smallest absolute Gasteiger partial charge is 0.119 e. The second kappa shape index (κ2) is 4.64. The largest absolute Gasteiger partial charge is 0.497 e. The molecule has 0 fully saturated rings. The Morgan fingerprint density at radius 1 is 1.40 bits per heavy atom. The maximum Gasteiger partial charge on any atom is 0.119 e. The van der Waals surface area contributed by atoms with Gasteiger partial charge in [0, 0.05) is 11.6 Å². The van der Waals surface area contributed by atoms with Crippen LogP contribution in [0.25, 0.3) is 0 Å². The van der Waals surface area contributed by atoms with Crippen molar-refractivity contribution in [1.29, 1.82) is 0 Å². The molecule has 15 heavy (non-hydrogen) atoms. The zero-order valence-electron chi connectivity index (χ0n) is 9.87. The molecule has 1 unspecified atom stereocenters. The molecular weight excluding hydrogens is 188 g/mol. The lowest BCUT2D eigenvalue weighted by atomic mass is 9.89. The lowest BCUT2D eigenvalue weighted by molar-refractivity contribution is 0.347. The molecule has 0 aliphatic carbocycles. The van der Waals surface area contributed by atoms with Crippen molar-refractivity contribution in [2.75, 3.05) is 14.2 Å². The molecule has 0 aliphatic heterocycles. The van der Waals surface area contributed by atoms with E-state index in [1.807, 2.05) is 31.3 Å². The van der Waals surface area contributed by atoms with Gasteiger partial charge in [0.1, 0.15) is 5.75 Å². The Kier molecular flexibility index (Phi) is 3.72. The van der Waals surface area contributed by atoms with Gasteiger partial charge in [-0.15, -0.1) is 0 Å². The lowest BCUT2D eigenvalue weighted by Crippen LogP contribution is -2.46. The zero-order valence-corrected chi connectivity index (χ0v) is 9.87. The molecule has 0 bridgehead atoms. The second-order valence-corrected chi connectivity index (χ2v) is 4.23. The van der Waals surface area contributed by atoms with E-state index in [0.717, 1.165) is 11.3 Å². The van der Waals surface area contributed by atoms with Crippen LogP contribution in [0, 0.1) is 0 Å². The van der Waals surface area contributed by atoms with E-state index < -0.39 is 0 Å². The quantitative estimate of drug-likeness (QED) is 0.791. The fraction of sp³-hybridized carbons (Fsp3) is 0.500. The van der Waals surface area contributed by atoms with Gasteiger partial charge in [0.2, 0.25) is 0 Å². The van der Waals surface area contributed by atoms with Crippen molar-refractivity contribution in [3.8, 4) is 5.75 Å². The van der Waals surface area contributed by atoms with Crippen LogP contribution in [0.3, 0.4) is 0 Å². The number of benzene rings is 1. The minimum atomic E-state index is -0.133. The van der Waals surface area contributed by atoms with Crippen molar-refractivity contribution in [3.63, 3.8) is 0 Å². The third-order valence-corrected chi connectivity index (χ3v) is 2.87. The van der Waals surface area contributed by atoms with Gasteiger partial charge in [-0.05, 0) is 38.6 Å². The predicted octanol–water partition coefficient (Wildman–Crippen LogP) is 1.69. The van der Waals surface area contributed by atoms with Crippen LogP contribution >= 0.6 is 0 Å². The standard InChI is InChI=1S/C12H20N2O/c1-12(2,14-3)11(13)9-6-5-7-10(8-9)15-4/h5-8,11,14H,13H2,1-4H3. The van der Waals surface area contributed by atoms with Crippen LogP contribution < -0.4 is 15.8 Å². The maximum absolute atomic E-state index is 6.19. The second-order valence-electron chi connectivity index (χ2n) is 4.23. The number of methoxy groups -OCH3 is 1. The van der Waals surface area contributed by atoms with Gasteiger partial charge in [-0.3, -0.25) is 0 Å². The summed E-state index contributed by atoms with van der Waals surface area (Å²) in [5.74, 6) is 0.842. The molecule has 0 heterocycles. The first-order chi connectivity index (χ1) is 7.01. The molecule has 0 spiro atoms. The van der Waals surface area contributed by atoms with Gasteiger partial charge in [-0.25, -0.2) is 0 Å². The summed E-state index contributed by atoms with van der Waals surface area (Å²) in [6.07, 6.45) is 0. The summed E-state index contributed by atoms with van der Waals surface area (Å²) in [5, 5.41) is 3.21. The first kappa shape index (κ1) is 12.0. The van der Waals surface area contributed by atoms with Crippen LogP contribution in [0.4, 0.5) is 0 Å². The molecule has 1 aromatic rings. The summed E-state index contributed by atoms with van der Waals surface area (Å²) >= 11 is 0. The highest BCUT2D eigenvalue weighted by atomic mass is 16.5. The highest BCUT2D eigenvalue weighted by molar-refractivity contribution is 5.31. The molecule has 1 atom stereocenters. The van der Waals surface area contributed by atoms with Gasteiger partial charge in [0.15, 0.2) is 0 Å². The van der Waals surface area contributed by atoms with Gasteiger partial charge < -0.3 is 15.8 Å². The normalized spacial score (nSPS) is 13.7. The van der Waals surface area contributed by atoms with Crippen LogP contribution in [0.5, 0.6) is 5.75 Å². The number of nitrogens with two attached hydrogens (primary N) is 1. The van der Waals surface area contributed by atoms with Gasteiger partial charge in [0.05, 0.1) is 7.11 Å². The van der Waals surface area contributed by atoms with Crippen molar-refractivity contribution in [2.24, 2.45) is 5.73 Å². The Morgan fingerprint density at radius 3 is 2.60 bits per heavy atom. The summed E-state index contributed by atoms with van der Waals surface area (Å²) < 4.78 is 5.18. The van der Waals surface area contributed by atoms with Crippen LogP contribution in [0.1, 0.15) is 25.5 Å². The van der Waals surface area contributed by atoms with Crippen molar-refractivity contribution in [3.05, 3.63) is 29.8 Å². The first-order valence-electron chi connectivity index (χ1n) is 5.09. The van der Waals surface area contributed by atoms with Crippen molar-refractivity contribution in [1.82, 2.24) is 5.32 Å². The van der Waals surface area contributed by atoms with Gasteiger partial charge in [-0.1, -0.05) is 12.1 Å². The van der Waals surface area contributed by atoms with Crippen LogP contribution in [-0.4, -0.2) is 19.7 Å². The lowest BCUT2D eigenvalue weighted by Gasteiger charge is -2.31. The van der Waals surface area contributed by atoms with Gasteiger partial charge >= 0.3 is 0 Å². The molecule has 84 valence electrons. The van der Waals surface area contributed by atoms with E-state index >= 15 is 0 Å². The number of rotatable bonds is 4. The molecular formula is C12H20N2O. The Bertz CT molecular complexity index is 323. The predicted molar refractivity (Wildman–Crippen MR) is 63.1 cm³/mol. The summed E-state index contributed by atoms with van der Waals surface area (Å²) in [6.45, 7) is 4.16. The van der Waals surface area contributed by atoms with Crippen molar-refractivity contribution >= 4 is 0 Å². The van der Waals surface area contributed by atoms with E-state index in [1.54, 1.807) is 7.11 Å². The molecule has 1 aromatic carbocycles. The van der Waals surface area contributed by atoms with Crippen LogP contribution in [0.2, 0.25) is 0 Å².